The number of amides is 2. The molecule has 1 fully saturated rings. The van der Waals surface area contributed by atoms with Crippen LogP contribution in [0.3, 0.4) is 0 Å². The summed E-state index contributed by atoms with van der Waals surface area (Å²) in [6, 6.07) is 5.67. The molecule has 0 atom stereocenters. The smallest absolute Gasteiger partial charge is 0.315 e. The molecule has 0 spiro atoms. The standard InChI is InChI=1S/C15H21FN2O2/c16-13-6-4-12(5-7-13)10-17-14(19)18-11-15(20)8-2-1-3-9-15/h4-7,20H,1-3,8-11H2,(H2,17,18,19). The van der Waals surface area contributed by atoms with E-state index in [1.165, 1.54) is 12.1 Å². The van der Waals surface area contributed by atoms with Gasteiger partial charge >= 0.3 is 6.03 Å². The van der Waals surface area contributed by atoms with Crippen molar-refractivity contribution in [2.45, 2.75) is 44.2 Å². The molecule has 2 amide bonds. The summed E-state index contributed by atoms with van der Waals surface area (Å²) in [5.41, 5.74) is 0.0729. The molecule has 1 aromatic carbocycles. The number of carbonyl (C=O) groups excluding carboxylic acids is 1. The van der Waals surface area contributed by atoms with Crippen LogP contribution in [0.1, 0.15) is 37.7 Å². The topological polar surface area (TPSA) is 61.4 Å². The third-order valence-corrected chi connectivity index (χ3v) is 3.73. The molecule has 0 bridgehead atoms. The van der Waals surface area contributed by atoms with E-state index in [-0.39, 0.29) is 18.4 Å². The van der Waals surface area contributed by atoms with Gasteiger partial charge < -0.3 is 15.7 Å². The molecule has 1 aliphatic carbocycles. The highest BCUT2D eigenvalue weighted by Crippen LogP contribution is 2.27. The monoisotopic (exact) mass is 280 g/mol. The number of halogens is 1. The fourth-order valence-corrected chi connectivity index (χ4v) is 2.48. The highest BCUT2D eigenvalue weighted by atomic mass is 19.1. The van der Waals surface area contributed by atoms with E-state index in [2.05, 4.69) is 10.6 Å². The van der Waals surface area contributed by atoms with Gasteiger partial charge in [-0.25, -0.2) is 9.18 Å². The number of carbonyl (C=O) groups is 1. The van der Waals surface area contributed by atoms with Crippen LogP contribution in [-0.4, -0.2) is 23.3 Å². The SMILES string of the molecule is O=C(NCc1ccc(F)cc1)NCC1(O)CCCCC1. The van der Waals surface area contributed by atoms with E-state index in [4.69, 9.17) is 0 Å². The lowest BCUT2D eigenvalue weighted by molar-refractivity contribution is 0.00719. The van der Waals surface area contributed by atoms with E-state index in [9.17, 15) is 14.3 Å². The van der Waals surface area contributed by atoms with Crippen molar-refractivity contribution in [2.75, 3.05) is 6.54 Å². The summed E-state index contributed by atoms with van der Waals surface area (Å²) in [6.07, 6.45) is 4.65. The lowest BCUT2D eigenvalue weighted by atomic mass is 9.85. The van der Waals surface area contributed by atoms with Crippen LogP contribution in [0.5, 0.6) is 0 Å². The predicted molar refractivity (Wildman–Crippen MR) is 74.7 cm³/mol. The zero-order valence-corrected chi connectivity index (χ0v) is 11.5. The van der Waals surface area contributed by atoms with Crippen LogP contribution >= 0.6 is 0 Å². The molecule has 5 heteroatoms. The summed E-state index contributed by atoms with van der Waals surface area (Å²) in [5, 5.41) is 15.6. The summed E-state index contributed by atoms with van der Waals surface area (Å²) < 4.78 is 12.7. The minimum absolute atomic E-state index is 0.280. The van der Waals surface area contributed by atoms with Crippen molar-refractivity contribution >= 4 is 6.03 Å². The van der Waals surface area contributed by atoms with Crippen LogP contribution in [0, 0.1) is 5.82 Å². The van der Waals surface area contributed by atoms with Gasteiger partial charge in [0.25, 0.3) is 0 Å². The zero-order valence-electron chi connectivity index (χ0n) is 11.5. The van der Waals surface area contributed by atoms with E-state index in [0.717, 1.165) is 37.7 Å². The molecular formula is C15H21FN2O2. The number of nitrogens with one attached hydrogen (secondary N) is 2. The lowest BCUT2D eigenvalue weighted by Gasteiger charge is -2.32. The van der Waals surface area contributed by atoms with E-state index in [1.807, 2.05) is 0 Å². The van der Waals surface area contributed by atoms with Crippen LogP contribution in [0.4, 0.5) is 9.18 Å². The van der Waals surface area contributed by atoms with E-state index >= 15 is 0 Å². The summed E-state index contributed by atoms with van der Waals surface area (Å²) >= 11 is 0. The minimum Gasteiger partial charge on any atom is -0.388 e. The van der Waals surface area contributed by atoms with Gasteiger partial charge in [0.1, 0.15) is 5.82 Å². The molecule has 0 heterocycles. The first-order valence-electron chi connectivity index (χ1n) is 7.06. The fourth-order valence-electron chi connectivity index (χ4n) is 2.48. The van der Waals surface area contributed by atoms with Crippen LogP contribution in [-0.2, 0) is 6.54 Å². The largest absolute Gasteiger partial charge is 0.388 e. The summed E-state index contributed by atoms with van der Waals surface area (Å²) in [7, 11) is 0. The second kappa shape index (κ2) is 6.70. The average molecular weight is 280 g/mol. The summed E-state index contributed by atoms with van der Waals surface area (Å²) in [5.74, 6) is -0.294. The predicted octanol–water partition coefficient (Wildman–Crippen LogP) is 2.32. The molecule has 1 aliphatic rings. The van der Waals surface area contributed by atoms with Crippen molar-refractivity contribution in [3.05, 3.63) is 35.6 Å². The highest BCUT2D eigenvalue weighted by molar-refractivity contribution is 5.73. The maximum atomic E-state index is 12.7. The van der Waals surface area contributed by atoms with E-state index in [0.29, 0.717) is 6.54 Å². The van der Waals surface area contributed by atoms with Gasteiger partial charge in [0.15, 0.2) is 0 Å². The number of aliphatic hydroxyl groups is 1. The molecule has 20 heavy (non-hydrogen) atoms. The van der Waals surface area contributed by atoms with Crippen molar-refractivity contribution in [1.29, 1.82) is 0 Å². The summed E-state index contributed by atoms with van der Waals surface area (Å²) in [6.45, 7) is 0.618. The van der Waals surface area contributed by atoms with Gasteiger partial charge in [-0.2, -0.15) is 0 Å². The van der Waals surface area contributed by atoms with Gasteiger partial charge in [0.2, 0.25) is 0 Å². The van der Waals surface area contributed by atoms with Gasteiger partial charge in [0.05, 0.1) is 5.60 Å². The van der Waals surface area contributed by atoms with Crippen molar-refractivity contribution in [1.82, 2.24) is 10.6 Å². The molecule has 1 saturated carbocycles. The Morgan fingerprint density at radius 2 is 1.80 bits per heavy atom. The van der Waals surface area contributed by atoms with Gasteiger partial charge in [-0.15, -0.1) is 0 Å². The molecule has 0 saturated heterocycles. The van der Waals surface area contributed by atoms with Crippen molar-refractivity contribution in [3.8, 4) is 0 Å². The Balaban J connectivity index is 1.71. The van der Waals surface area contributed by atoms with E-state index < -0.39 is 5.60 Å². The van der Waals surface area contributed by atoms with Gasteiger partial charge in [0, 0.05) is 13.1 Å². The Bertz CT molecular complexity index is 442. The lowest BCUT2D eigenvalue weighted by Crippen LogP contribution is -2.47. The van der Waals surface area contributed by atoms with Crippen LogP contribution in [0.25, 0.3) is 0 Å². The number of urea groups is 1. The molecule has 3 N–H and O–H groups in total. The van der Waals surface area contributed by atoms with Gasteiger partial charge in [-0.05, 0) is 30.5 Å². The van der Waals surface area contributed by atoms with Gasteiger partial charge in [-0.3, -0.25) is 0 Å². The quantitative estimate of drug-likeness (QED) is 0.792. The number of hydrogen-bond acceptors (Lipinski definition) is 2. The molecule has 0 aromatic heterocycles. The molecule has 110 valence electrons. The first-order chi connectivity index (χ1) is 9.57. The first kappa shape index (κ1) is 14.8. The number of rotatable bonds is 4. The third kappa shape index (κ3) is 4.49. The third-order valence-electron chi connectivity index (χ3n) is 3.73. The maximum absolute atomic E-state index is 12.7. The van der Waals surface area contributed by atoms with Crippen molar-refractivity contribution in [3.63, 3.8) is 0 Å². The van der Waals surface area contributed by atoms with Crippen LogP contribution in [0.2, 0.25) is 0 Å². The fraction of sp³-hybridized carbons (Fsp3) is 0.533. The second-order valence-electron chi connectivity index (χ2n) is 5.45. The number of benzene rings is 1. The first-order valence-corrected chi connectivity index (χ1v) is 7.06. The zero-order chi connectivity index (χ0) is 14.4. The highest BCUT2D eigenvalue weighted by Gasteiger charge is 2.29. The Morgan fingerprint density at radius 3 is 2.45 bits per heavy atom. The Morgan fingerprint density at radius 1 is 1.15 bits per heavy atom. The Kier molecular flexibility index (Phi) is 4.95. The second-order valence-corrected chi connectivity index (χ2v) is 5.45. The maximum Gasteiger partial charge on any atom is 0.315 e. The molecule has 0 unspecified atom stereocenters. The number of hydrogen-bond donors (Lipinski definition) is 3. The molecule has 2 rings (SSSR count). The van der Waals surface area contributed by atoms with Crippen molar-refractivity contribution < 1.29 is 14.3 Å². The summed E-state index contributed by atoms with van der Waals surface area (Å²) in [4.78, 5) is 11.7. The molecular weight excluding hydrogens is 259 g/mol. The molecule has 4 nitrogen and oxygen atoms in total. The van der Waals surface area contributed by atoms with E-state index in [1.54, 1.807) is 12.1 Å². The normalized spacial score (nSPS) is 17.5. The molecule has 1 aromatic rings. The Hall–Kier alpha value is -1.62. The average Bonchev–Trinajstić information content (AvgIpc) is 2.45. The van der Waals surface area contributed by atoms with Crippen LogP contribution < -0.4 is 10.6 Å². The molecule has 0 radical (unpaired) electrons. The van der Waals surface area contributed by atoms with Gasteiger partial charge in [-0.1, -0.05) is 31.4 Å². The van der Waals surface area contributed by atoms with Crippen molar-refractivity contribution in [2.24, 2.45) is 0 Å². The Labute approximate surface area is 118 Å². The van der Waals surface area contributed by atoms with Crippen LogP contribution in [0.15, 0.2) is 24.3 Å². The minimum atomic E-state index is -0.758. The molecule has 0 aliphatic heterocycles.